The summed E-state index contributed by atoms with van der Waals surface area (Å²) in [5.74, 6) is 1.22. The standard InChI is InChI=1S/C11H19N3/c1-3-11(7-5-6-8-11)10-13-12-9-14(10)4-2/h9H,3-8H2,1-2H3. The lowest BCUT2D eigenvalue weighted by Gasteiger charge is -2.26. The lowest BCUT2D eigenvalue weighted by atomic mass is 9.82. The predicted molar refractivity (Wildman–Crippen MR) is 56.1 cm³/mol. The summed E-state index contributed by atoms with van der Waals surface area (Å²) < 4.78 is 2.20. The summed E-state index contributed by atoms with van der Waals surface area (Å²) in [6.07, 6.45) is 8.36. The van der Waals surface area contributed by atoms with Crippen molar-refractivity contribution in [1.29, 1.82) is 0 Å². The molecular formula is C11H19N3. The number of aryl methyl sites for hydroxylation is 1. The summed E-state index contributed by atoms with van der Waals surface area (Å²) in [7, 11) is 0. The Kier molecular flexibility index (Phi) is 2.57. The zero-order valence-electron chi connectivity index (χ0n) is 9.16. The summed E-state index contributed by atoms with van der Waals surface area (Å²) in [5, 5.41) is 8.37. The van der Waals surface area contributed by atoms with Crippen molar-refractivity contribution in [2.45, 2.75) is 57.9 Å². The van der Waals surface area contributed by atoms with E-state index in [1.807, 2.05) is 6.33 Å². The van der Waals surface area contributed by atoms with Crippen molar-refractivity contribution in [1.82, 2.24) is 14.8 Å². The smallest absolute Gasteiger partial charge is 0.139 e. The first kappa shape index (κ1) is 9.69. The van der Waals surface area contributed by atoms with Gasteiger partial charge in [-0.3, -0.25) is 0 Å². The molecule has 1 aliphatic carbocycles. The summed E-state index contributed by atoms with van der Waals surface area (Å²) in [6.45, 7) is 5.43. The van der Waals surface area contributed by atoms with Gasteiger partial charge < -0.3 is 4.57 Å². The van der Waals surface area contributed by atoms with Crippen molar-refractivity contribution in [2.24, 2.45) is 0 Å². The molecule has 0 N–H and O–H groups in total. The van der Waals surface area contributed by atoms with Crippen molar-refractivity contribution in [3.8, 4) is 0 Å². The monoisotopic (exact) mass is 193 g/mol. The van der Waals surface area contributed by atoms with Gasteiger partial charge in [0, 0.05) is 12.0 Å². The molecule has 3 nitrogen and oxygen atoms in total. The molecule has 1 saturated carbocycles. The Morgan fingerprint density at radius 3 is 2.64 bits per heavy atom. The fraction of sp³-hybridized carbons (Fsp3) is 0.818. The molecule has 0 saturated heterocycles. The molecule has 1 heterocycles. The van der Waals surface area contributed by atoms with E-state index in [0.717, 1.165) is 6.54 Å². The van der Waals surface area contributed by atoms with Crippen LogP contribution in [0.2, 0.25) is 0 Å². The summed E-state index contributed by atoms with van der Waals surface area (Å²) in [4.78, 5) is 0. The van der Waals surface area contributed by atoms with Crippen LogP contribution >= 0.6 is 0 Å². The van der Waals surface area contributed by atoms with E-state index in [0.29, 0.717) is 5.41 Å². The van der Waals surface area contributed by atoms with Gasteiger partial charge in [0.2, 0.25) is 0 Å². The molecule has 0 spiro atoms. The number of rotatable bonds is 3. The molecular weight excluding hydrogens is 174 g/mol. The topological polar surface area (TPSA) is 30.7 Å². The van der Waals surface area contributed by atoms with E-state index in [4.69, 9.17) is 0 Å². The highest BCUT2D eigenvalue weighted by Crippen LogP contribution is 2.42. The van der Waals surface area contributed by atoms with Gasteiger partial charge in [-0.2, -0.15) is 0 Å². The lowest BCUT2D eigenvalue weighted by molar-refractivity contribution is 0.380. The van der Waals surface area contributed by atoms with E-state index in [1.54, 1.807) is 0 Å². The average molecular weight is 193 g/mol. The minimum Gasteiger partial charge on any atom is -0.317 e. The van der Waals surface area contributed by atoms with Crippen LogP contribution in [0.4, 0.5) is 0 Å². The van der Waals surface area contributed by atoms with E-state index in [1.165, 1.54) is 37.9 Å². The van der Waals surface area contributed by atoms with Crippen LogP contribution in [0.3, 0.4) is 0 Å². The molecule has 0 aromatic carbocycles. The minimum atomic E-state index is 0.340. The molecule has 78 valence electrons. The highest BCUT2D eigenvalue weighted by molar-refractivity contribution is 5.10. The number of hydrogen-bond donors (Lipinski definition) is 0. The van der Waals surface area contributed by atoms with Crippen LogP contribution in [0.15, 0.2) is 6.33 Å². The van der Waals surface area contributed by atoms with Crippen LogP contribution in [-0.2, 0) is 12.0 Å². The minimum absolute atomic E-state index is 0.340. The highest BCUT2D eigenvalue weighted by atomic mass is 15.3. The van der Waals surface area contributed by atoms with Crippen LogP contribution in [0.25, 0.3) is 0 Å². The first-order valence-corrected chi connectivity index (χ1v) is 5.70. The third kappa shape index (κ3) is 1.35. The third-order valence-corrected chi connectivity index (χ3v) is 3.67. The van der Waals surface area contributed by atoms with E-state index >= 15 is 0 Å². The molecule has 1 aliphatic rings. The second-order valence-electron chi connectivity index (χ2n) is 4.28. The quantitative estimate of drug-likeness (QED) is 0.738. The molecule has 2 rings (SSSR count). The molecule has 1 aromatic heterocycles. The summed E-state index contributed by atoms with van der Waals surface area (Å²) in [6, 6.07) is 0. The fourth-order valence-corrected chi connectivity index (χ4v) is 2.68. The van der Waals surface area contributed by atoms with Crippen LogP contribution < -0.4 is 0 Å². The van der Waals surface area contributed by atoms with E-state index in [-0.39, 0.29) is 0 Å². The van der Waals surface area contributed by atoms with Crippen molar-refractivity contribution in [3.05, 3.63) is 12.2 Å². The average Bonchev–Trinajstić information content (AvgIpc) is 2.86. The van der Waals surface area contributed by atoms with E-state index in [2.05, 4.69) is 28.6 Å². The lowest BCUT2D eigenvalue weighted by Crippen LogP contribution is -2.25. The van der Waals surface area contributed by atoms with Gasteiger partial charge in [0.15, 0.2) is 0 Å². The van der Waals surface area contributed by atoms with Gasteiger partial charge in [-0.25, -0.2) is 0 Å². The summed E-state index contributed by atoms with van der Waals surface area (Å²) >= 11 is 0. The van der Waals surface area contributed by atoms with Gasteiger partial charge in [0.1, 0.15) is 12.2 Å². The highest BCUT2D eigenvalue weighted by Gasteiger charge is 2.37. The van der Waals surface area contributed by atoms with Crippen molar-refractivity contribution in [3.63, 3.8) is 0 Å². The maximum atomic E-state index is 4.32. The fourth-order valence-electron chi connectivity index (χ4n) is 2.68. The number of nitrogens with zero attached hydrogens (tertiary/aromatic N) is 3. The Balaban J connectivity index is 2.35. The van der Waals surface area contributed by atoms with Gasteiger partial charge in [0.25, 0.3) is 0 Å². The van der Waals surface area contributed by atoms with Crippen molar-refractivity contribution in [2.75, 3.05) is 0 Å². The molecule has 1 fully saturated rings. The predicted octanol–water partition coefficient (Wildman–Crippen LogP) is 2.52. The first-order valence-electron chi connectivity index (χ1n) is 5.70. The molecule has 0 bridgehead atoms. The second-order valence-corrected chi connectivity index (χ2v) is 4.28. The molecule has 1 aromatic rings. The number of aromatic nitrogens is 3. The van der Waals surface area contributed by atoms with Gasteiger partial charge in [-0.1, -0.05) is 19.8 Å². The molecule has 0 unspecified atom stereocenters. The first-order chi connectivity index (χ1) is 6.82. The Bertz CT molecular complexity index is 297. The Morgan fingerprint density at radius 1 is 1.36 bits per heavy atom. The Hall–Kier alpha value is -0.860. The molecule has 0 aliphatic heterocycles. The van der Waals surface area contributed by atoms with Crippen LogP contribution in [0.5, 0.6) is 0 Å². The van der Waals surface area contributed by atoms with Crippen molar-refractivity contribution < 1.29 is 0 Å². The molecule has 0 radical (unpaired) electrons. The maximum absolute atomic E-state index is 4.32. The van der Waals surface area contributed by atoms with Gasteiger partial charge in [-0.15, -0.1) is 10.2 Å². The SMILES string of the molecule is CCn1cnnc1C1(CC)CCCC1. The molecule has 0 atom stereocenters. The normalized spacial score (nSPS) is 20.1. The Labute approximate surface area is 85.5 Å². The number of hydrogen-bond acceptors (Lipinski definition) is 2. The van der Waals surface area contributed by atoms with Gasteiger partial charge in [0.05, 0.1) is 0 Å². The van der Waals surface area contributed by atoms with E-state index < -0.39 is 0 Å². The van der Waals surface area contributed by atoms with Gasteiger partial charge >= 0.3 is 0 Å². The third-order valence-electron chi connectivity index (χ3n) is 3.67. The second kappa shape index (κ2) is 3.71. The maximum Gasteiger partial charge on any atom is 0.139 e. The van der Waals surface area contributed by atoms with Crippen LogP contribution in [-0.4, -0.2) is 14.8 Å². The zero-order chi connectivity index (χ0) is 10.0. The molecule has 0 amide bonds. The zero-order valence-corrected chi connectivity index (χ0v) is 9.16. The van der Waals surface area contributed by atoms with Crippen molar-refractivity contribution >= 4 is 0 Å². The van der Waals surface area contributed by atoms with E-state index in [9.17, 15) is 0 Å². The Morgan fingerprint density at radius 2 is 2.07 bits per heavy atom. The summed E-state index contributed by atoms with van der Waals surface area (Å²) in [5.41, 5.74) is 0.340. The van der Waals surface area contributed by atoms with Gasteiger partial charge in [-0.05, 0) is 26.2 Å². The largest absolute Gasteiger partial charge is 0.317 e. The molecule has 14 heavy (non-hydrogen) atoms. The van der Waals surface area contributed by atoms with Crippen LogP contribution in [0.1, 0.15) is 51.8 Å². The van der Waals surface area contributed by atoms with Crippen LogP contribution in [0, 0.1) is 0 Å². The molecule has 3 heteroatoms.